The second kappa shape index (κ2) is 3.79. The van der Waals surface area contributed by atoms with Gasteiger partial charge < -0.3 is 4.98 Å². The van der Waals surface area contributed by atoms with Crippen LogP contribution in [-0.4, -0.2) is 36.6 Å². The summed E-state index contributed by atoms with van der Waals surface area (Å²) in [7, 11) is -3.49. The second-order valence-electron chi connectivity index (χ2n) is 3.52. The zero-order chi connectivity index (χ0) is 10.9. The number of carbonyl (C=O) groups excluding carboxylic acids is 1. The predicted octanol–water partition coefficient (Wildman–Crippen LogP) is 0.368. The van der Waals surface area contributed by atoms with E-state index in [1.54, 1.807) is 12.3 Å². The molecule has 0 spiro atoms. The molecule has 82 valence electrons. The van der Waals surface area contributed by atoms with E-state index in [0.29, 0.717) is 19.4 Å². The molecule has 1 aromatic rings. The van der Waals surface area contributed by atoms with Gasteiger partial charge in [-0.25, -0.2) is 8.42 Å². The number of aromatic amines is 1. The van der Waals surface area contributed by atoms with Crippen LogP contribution in [0.15, 0.2) is 23.4 Å². The minimum atomic E-state index is -3.49. The zero-order valence-electron chi connectivity index (χ0n) is 8.14. The fourth-order valence-corrected chi connectivity index (χ4v) is 3.06. The highest BCUT2D eigenvalue weighted by Gasteiger charge is 2.29. The molecule has 0 aromatic carbocycles. The average Bonchev–Trinajstić information content (AvgIpc) is 2.71. The Hall–Kier alpha value is -1.14. The molecule has 1 fully saturated rings. The molecule has 6 heteroatoms. The molecule has 0 amide bonds. The van der Waals surface area contributed by atoms with Crippen molar-refractivity contribution in [3.05, 3.63) is 18.3 Å². The molecule has 2 rings (SSSR count). The first-order valence-electron chi connectivity index (χ1n) is 4.76. The Balaban J connectivity index is 2.26. The van der Waals surface area contributed by atoms with Gasteiger partial charge in [-0.2, -0.15) is 4.31 Å². The minimum Gasteiger partial charge on any atom is -0.351 e. The number of sulfonamides is 1. The summed E-state index contributed by atoms with van der Waals surface area (Å²) in [5.74, 6) is -0.0172. The summed E-state index contributed by atoms with van der Waals surface area (Å²) in [6.45, 7) is 0.425. The Kier molecular flexibility index (Phi) is 2.62. The number of aromatic nitrogens is 1. The lowest BCUT2D eigenvalue weighted by Crippen LogP contribution is -2.40. The molecular formula is C9H12N2O3S. The van der Waals surface area contributed by atoms with Crippen LogP contribution in [0, 0.1) is 0 Å². The van der Waals surface area contributed by atoms with Gasteiger partial charge in [0.1, 0.15) is 10.8 Å². The Morgan fingerprint density at radius 1 is 1.40 bits per heavy atom. The summed E-state index contributed by atoms with van der Waals surface area (Å²) in [5.41, 5.74) is 0. The summed E-state index contributed by atoms with van der Waals surface area (Å²) < 4.78 is 25.1. The first-order valence-corrected chi connectivity index (χ1v) is 6.20. The van der Waals surface area contributed by atoms with Gasteiger partial charge >= 0.3 is 0 Å². The Labute approximate surface area is 88.1 Å². The lowest BCUT2D eigenvalue weighted by Gasteiger charge is -2.24. The number of nitrogens with one attached hydrogen (secondary N) is 1. The monoisotopic (exact) mass is 228 g/mol. The van der Waals surface area contributed by atoms with Crippen LogP contribution in [0.1, 0.15) is 12.8 Å². The van der Waals surface area contributed by atoms with Crippen molar-refractivity contribution < 1.29 is 13.2 Å². The van der Waals surface area contributed by atoms with E-state index in [2.05, 4.69) is 4.98 Å². The normalized spacial score (nSPS) is 19.3. The maximum atomic E-state index is 11.9. The van der Waals surface area contributed by atoms with E-state index in [-0.39, 0.29) is 17.4 Å². The van der Waals surface area contributed by atoms with Crippen LogP contribution in [0.2, 0.25) is 0 Å². The van der Waals surface area contributed by atoms with Crippen molar-refractivity contribution in [1.29, 1.82) is 0 Å². The first-order chi connectivity index (χ1) is 7.10. The van der Waals surface area contributed by atoms with Gasteiger partial charge in [0.25, 0.3) is 10.0 Å². The number of carbonyl (C=O) groups is 1. The van der Waals surface area contributed by atoms with Gasteiger partial charge in [0.2, 0.25) is 0 Å². The Morgan fingerprint density at radius 3 is 2.80 bits per heavy atom. The van der Waals surface area contributed by atoms with Gasteiger partial charge in [0.05, 0.1) is 6.54 Å². The molecule has 0 atom stereocenters. The van der Waals surface area contributed by atoms with E-state index in [0.717, 1.165) is 0 Å². The fraction of sp³-hybridized carbons (Fsp3) is 0.444. The molecule has 1 aliphatic rings. The van der Waals surface area contributed by atoms with Crippen LogP contribution in [-0.2, 0) is 14.8 Å². The van der Waals surface area contributed by atoms with Crippen molar-refractivity contribution in [2.45, 2.75) is 17.9 Å². The molecule has 1 aliphatic heterocycles. The van der Waals surface area contributed by atoms with E-state index >= 15 is 0 Å². The standard InChI is InChI=1S/C9H12N2O3S/c12-8-3-2-6-11(7-8)15(13,14)9-4-1-5-10-9/h1,4-5,10H,2-3,6-7H2. The number of rotatable bonds is 2. The fourth-order valence-electron chi connectivity index (χ4n) is 1.63. The lowest BCUT2D eigenvalue weighted by molar-refractivity contribution is -0.120. The van der Waals surface area contributed by atoms with Gasteiger partial charge in [-0.15, -0.1) is 0 Å². The molecule has 0 unspecified atom stereocenters. The lowest BCUT2D eigenvalue weighted by atomic mass is 10.1. The molecule has 1 N–H and O–H groups in total. The molecule has 0 radical (unpaired) electrons. The van der Waals surface area contributed by atoms with Crippen molar-refractivity contribution in [3.63, 3.8) is 0 Å². The molecule has 1 aromatic heterocycles. The predicted molar refractivity (Wildman–Crippen MR) is 53.8 cm³/mol. The van der Waals surface area contributed by atoms with E-state index in [4.69, 9.17) is 0 Å². The quantitative estimate of drug-likeness (QED) is 0.795. The average molecular weight is 228 g/mol. The topological polar surface area (TPSA) is 70.2 Å². The Morgan fingerprint density at radius 2 is 2.20 bits per heavy atom. The summed E-state index contributed by atoms with van der Waals surface area (Å²) in [4.78, 5) is 13.8. The molecular weight excluding hydrogens is 216 g/mol. The van der Waals surface area contributed by atoms with Crippen molar-refractivity contribution >= 4 is 15.8 Å². The first kappa shape index (κ1) is 10.4. The van der Waals surface area contributed by atoms with Gasteiger partial charge in [-0.1, -0.05) is 0 Å². The third-order valence-corrected chi connectivity index (χ3v) is 4.20. The number of H-pyrrole nitrogens is 1. The second-order valence-corrected chi connectivity index (χ2v) is 5.42. The summed E-state index contributed by atoms with van der Waals surface area (Å²) in [6.07, 6.45) is 2.65. The van der Waals surface area contributed by atoms with Crippen LogP contribution in [0.25, 0.3) is 0 Å². The van der Waals surface area contributed by atoms with E-state index in [1.165, 1.54) is 10.4 Å². The number of hydrogen-bond donors (Lipinski definition) is 1. The highest BCUT2D eigenvalue weighted by atomic mass is 32.2. The summed E-state index contributed by atoms with van der Waals surface area (Å²) in [6, 6.07) is 3.12. The maximum Gasteiger partial charge on any atom is 0.258 e. The summed E-state index contributed by atoms with van der Waals surface area (Å²) in [5, 5.41) is 0.150. The molecule has 15 heavy (non-hydrogen) atoms. The maximum absolute atomic E-state index is 11.9. The van der Waals surface area contributed by atoms with Gasteiger partial charge in [-0.3, -0.25) is 4.79 Å². The van der Waals surface area contributed by atoms with Crippen LogP contribution >= 0.6 is 0 Å². The van der Waals surface area contributed by atoms with E-state index in [1.807, 2.05) is 0 Å². The largest absolute Gasteiger partial charge is 0.351 e. The van der Waals surface area contributed by atoms with E-state index in [9.17, 15) is 13.2 Å². The van der Waals surface area contributed by atoms with Gasteiger partial charge in [-0.05, 0) is 18.6 Å². The van der Waals surface area contributed by atoms with Crippen LogP contribution in [0.3, 0.4) is 0 Å². The SMILES string of the molecule is O=C1CCCN(S(=O)(=O)c2ccc[nH]2)C1. The van der Waals surface area contributed by atoms with Crippen molar-refractivity contribution in [2.24, 2.45) is 0 Å². The number of piperidine rings is 1. The van der Waals surface area contributed by atoms with Crippen molar-refractivity contribution in [2.75, 3.05) is 13.1 Å². The van der Waals surface area contributed by atoms with Crippen LogP contribution < -0.4 is 0 Å². The van der Waals surface area contributed by atoms with Crippen molar-refractivity contribution in [1.82, 2.24) is 9.29 Å². The number of ketones is 1. The molecule has 2 heterocycles. The molecule has 1 saturated heterocycles. The molecule has 0 saturated carbocycles. The van der Waals surface area contributed by atoms with Gasteiger partial charge in [0, 0.05) is 19.2 Å². The Bertz CT molecular complexity index is 450. The highest BCUT2D eigenvalue weighted by molar-refractivity contribution is 7.89. The zero-order valence-corrected chi connectivity index (χ0v) is 8.96. The third kappa shape index (κ3) is 1.95. The van der Waals surface area contributed by atoms with Crippen molar-refractivity contribution in [3.8, 4) is 0 Å². The highest BCUT2D eigenvalue weighted by Crippen LogP contribution is 2.17. The smallest absolute Gasteiger partial charge is 0.258 e. The van der Waals surface area contributed by atoms with E-state index < -0.39 is 10.0 Å². The number of hydrogen-bond acceptors (Lipinski definition) is 3. The molecule has 0 aliphatic carbocycles. The van der Waals surface area contributed by atoms with Crippen LogP contribution in [0.5, 0.6) is 0 Å². The number of nitrogens with zero attached hydrogens (tertiary/aromatic N) is 1. The van der Waals surface area contributed by atoms with Crippen LogP contribution in [0.4, 0.5) is 0 Å². The minimum absolute atomic E-state index is 0.00134. The molecule has 5 nitrogen and oxygen atoms in total. The number of Topliss-reactive ketones (excluding diaryl/α,β-unsaturated/α-hetero) is 1. The summed E-state index contributed by atoms with van der Waals surface area (Å²) >= 11 is 0. The van der Waals surface area contributed by atoms with Gasteiger partial charge in [0.15, 0.2) is 0 Å². The third-order valence-electron chi connectivity index (χ3n) is 2.40. The molecule has 0 bridgehead atoms.